The van der Waals surface area contributed by atoms with Crippen molar-refractivity contribution in [2.45, 2.75) is 43.4 Å². The molecule has 0 unspecified atom stereocenters. The van der Waals surface area contributed by atoms with E-state index < -0.39 is 25.8 Å². The summed E-state index contributed by atoms with van der Waals surface area (Å²) in [6.45, 7) is 5.03. The van der Waals surface area contributed by atoms with Gasteiger partial charge in [-0.05, 0) is 38.8 Å². The highest BCUT2D eigenvalue weighted by Crippen LogP contribution is 2.29. The fourth-order valence-electron chi connectivity index (χ4n) is 3.56. The van der Waals surface area contributed by atoms with Gasteiger partial charge in [0.25, 0.3) is 0 Å². The summed E-state index contributed by atoms with van der Waals surface area (Å²) in [6.07, 6.45) is 0.661. The fraction of sp³-hybridized carbons (Fsp3) is 0.474. The van der Waals surface area contributed by atoms with Crippen LogP contribution in [0.4, 0.5) is 5.69 Å². The minimum atomic E-state index is -3.75. The number of amides is 1. The Morgan fingerprint density at radius 2 is 1.80 bits per heavy atom. The second-order valence-corrected chi connectivity index (χ2v) is 11.3. The number of carbonyl (C=O) groups excluding carboxylic acids is 1. The van der Waals surface area contributed by atoms with Crippen molar-refractivity contribution >= 4 is 31.5 Å². The minimum Gasteiger partial charge on any atom is -0.360 e. The number of sulfonamides is 1. The molecule has 3 rings (SSSR count). The number of hydrogen-bond donors (Lipinski definition) is 1. The van der Waals surface area contributed by atoms with E-state index in [9.17, 15) is 21.6 Å². The van der Waals surface area contributed by atoms with Gasteiger partial charge >= 0.3 is 0 Å². The molecule has 0 saturated carbocycles. The van der Waals surface area contributed by atoms with Crippen LogP contribution in [0.15, 0.2) is 38.6 Å². The molecule has 0 atom stereocenters. The smallest absolute Gasteiger partial charge is 0.248 e. The molecule has 11 heteroatoms. The molecule has 0 bridgehead atoms. The predicted molar refractivity (Wildman–Crippen MR) is 110 cm³/mol. The van der Waals surface area contributed by atoms with E-state index in [0.717, 1.165) is 0 Å². The number of nitrogens with zero attached hydrogens (tertiary/aromatic N) is 2. The second-order valence-electron chi connectivity index (χ2n) is 7.22. The summed E-state index contributed by atoms with van der Waals surface area (Å²) in [6, 6.07) is 6.28. The highest BCUT2D eigenvalue weighted by Gasteiger charge is 2.35. The molecular formula is C19H25N3O6S2. The minimum absolute atomic E-state index is 0.0716. The zero-order valence-electron chi connectivity index (χ0n) is 17.1. The van der Waals surface area contributed by atoms with Gasteiger partial charge in [-0.3, -0.25) is 4.79 Å². The largest absolute Gasteiger partial charge is 0.360 e. The molecule has 2 aromatic rings. The van der Waals surface area contributed by atoms with Crippen LogP contribution in [0.5, 0.6) is 0 Å². The molecule has 1 aromatic heterocycles. The molecular weight excluding hydrogens is 430 g/mol. The zero-order valence-corrected chi connectivity index (χ0v) is 18.7. The third-order valence-corrected chi connectivity index (χ3v) is 9.18. The van der Waals surface area contributed by atoms with E-state index in [2.05, 4.69) is 10.5 Å². The topological polar surface area (TPSA) is 127 Å². The first kappa shape index (κ1) is 22.4. The number of aromatic nitrogens is 1. The molecule has 0 spiro atoms. The molecule has 1 saturated heterocycles. The van der Waals surface area contributed by atoms with Crippen LogP contribution in [0.3, 0.4) is 0 Å². The summed E-state index contributed by atoms with van der Waals surface area (Å²) in [5.41, 5.74) is 0.552. The first-order chi connectivity index (χ1) is 14.1. The summed E-state index contributed by atoms with van der Waals surface area (Å²) in [5.74, 6) is -0.569. The van der Waals surface area contributed by atoms with E-state index in [-0.39, 0.29) is 46.0 Å². The fourth-order valence-corrected chi connectivity index (χ4v) is 6.37. The number of aryl methyl sites for hydroxylation is 2. The SMILES string of the molecule is CCS(=O)(=O)c1ccccc1NC(=O)C1CCN(S(=O)(=O)c2c(C)noc2C)CC1. The Labute approximate surface area is 176 Å². The molecule has 9 nitrogen and oxygen atoms in total. The van der Waals surface area contributed by atoms with Crippen molar-refractivity contribution in [2.24, 2.45) is 5.92 Å². The highest BCUT2D eigenvalue weighted by atomic mass is 32.2. The van der Waals surface area contributed by atoms with Crippen LogP contribution in [0.1, 0.15) is 31.2 Å². The van der Waals surface area contributed by atoms with Crippen molar-refractivity contribution in [3.05, 3.63) is 35.7 Å². The average molecular weight is 456 g/mol. The Kier molecular flexibility index (Phi) is 6.34. The lowest BCUT2D eigenvalue weighted by Gasteiger charge is -2.30. The summed E-state index contributed by atoms with van der Waals surface area (Å²) in [4.78, 5) is 12.9. The van der Waals surface area contributed by atoms with Crippen molar-refractivity contribution in [1.82, 2.24) is 9.46 Å². The van der Waals surface area contributed by atoms with Crippen LogP contribution >= 0.6 is 0 Å². The number of rotatable bonds is 6. The number of anilines is 1. The Hall–Kier alpha value is -2.24. The molecule has 1 aliphatic heterocycles. The quantitative estimate of drug-likeness (QED) is 0.707. The second kappa shape index (κ2) is 8.48. The predicted octanol–water partition coefficient (Wildman–Crippen LogP) is 2.12. The summed E-state index contributed by atoms with van der Waals surface area (Å²) >= 11 is 0. The lowest BCUT2D eigenvalue weighted by molar-refractivity contribution is -0.120. The number of benzene rings is 1. The summed E-state index contributed by atoms with van der Waals surface area (Å²) < 4.78 is 56.6. The maximum absolute atomic E-state index is 12.9. The van der Waals surface area contributed by atoms with Gasteiger partial charge in [0.1, 0.15) is 10.6 Å². The Morgan fingerprint density at radius 3 is 2.37 bits per heavy atom. The number of nitrogens with one attached hydrogen (secondary N) is 1. The molecule has 0 radical (unpaired) electrons. The van der Waals surface area contributed by atoms with Crippen LogP contribution < -0.4 is 5.32 Å². The van der Waals surface area contributed by atoms with E-state index in [0.29, 0.717) is 18.5 Å². The molecule has 1 amide bonds. The molecule has 1 aliphatic rings. The van der Waals surface area contributed by atoms with Crippen LogP contribution in [-0.4, -0.2) is 51.0 Å². The van der Waals surface area contributed by atoms with Crippen LogP contribution in [-0.2, 0) is 24.7 Å². The molecule has 1 aromatic carbocycles. The first-order valence-electron chi connectivity index (χ1n) is 9.63. The van der Waals surface area contributed by atoms with Gasteiger partial charge < -0.3 is 9.84 Å². The summed E-state index contributed by atoms with van der Waals surface area (Å²) in [5, 5.41) is 6.42. The third-order valence-electron chi connectivity index (χ3n) is 5.25. The lowest BCUT2D eigenvalue weighted by atomic mass is 9.97. The summed E-state index contributed by atoms with van der Waals surface area (Å²) in [7, 11) is -7.24. The maximum atomic E-state index is 12.9. The molecule has 0 aliphatic carbocycles. The van der Waals surface area contributed by atoms with Gasteiger partial charge in [0.2, 0.25) is 15.9 Å². The van der Waals surface area contributed by atoms with E-state index in [4.69, 9.17) is 4.52 Å². The number of carbonyl (C=O) groups is 1. The zero-order chi connectivity index (χ0) is 22.1. The number of piperidine rings is 1. The van der Waals surface area contributed by atoms with Gasteiger partial charge in [-0.1, -0.05) is 24.2 Å². The maximum Gasteiger partial charge on any atom is 0.248 e. The average Bonchev–Trinajstić information content (AvgIpc) is 3.07. The van der Waals surface area contributed by atoms with E-state index >= 15 is 0 Å². The van der Waals surface area contributed by atoms with Gasteiger partial charge in [0, 0.05) is 19.0 Å². The monoisotopic (exact) mass is 455 g/mol. The molecule has 164 valence electrons. The number of hydrogen-bond acceptors (Lipinski definition) is 7. The van der Waals surface area contributed by atoms with Gasteiger partial charge in [-0.25, -0.2) is 16.8 Å². The van der Waals surface area contributed by atoms with Gasteiger partial charge in [0.05, 0.1) is 16.3 Å². The van der Waals surface area contributed by atoms with Crippen molar-refractivity contribution < 1.29 is 26.2 Å². The van der Waals surface area contributed by atoms with Crippen molar-refractivity contribution in [3.8, 4) is 0 Å². The lowest BCUT2D eigenvalue weighted by Crippen LogP contribution is -2.41. The van der Waals surface area contributed by atoms with E-state index in [1.807, 2.05) is 0 Å². The van der Waals surface area contributed by atoms with Crippen LogP contribution in [0.25, 0.3) is 0 Å². The van der Waals surface area contributed by atoms with Crippen LogP contribution in [0.2, 0.25) is 0 Å². The molecule has 1 fully saturated rings. The number of para-hydroxylation sites is 1. The van der Waals surface area contributed by atoms with Crippen molar-refractivity contribution in [1.29, 1.82) is 0 Å². The Bertz CT molecular complexity index is 1130. The molecule has 2 heterocycles. The van der Waals surface area contributed by atoms with Crippen molar-refractivity contribution in [3.63, 3.8) is 0 Å². The van der Waals surface area contributed by atoms with Gasteiger partial charge in [-0.2, -0.15) is 4.31 Å². The molecule has 1 N–H and O–H groups in total. The van der Waals surface area contributed by atoms with Gasteiger partial charge in [0.15, 0.2) is 15.6 Å². The first-order valence-corrected chi connectivity index (χ1v) is 12.7. The van der Waals surface area contributed by atoms with Gasteiger partial charge in [-0.15, -0.1) is 0 Å². The number of sulfone groups is 1. The standard InChI is InChI=1S/C19H25N3O6S2/c1-4-29(24,25)17-8-6-5-7-16(17)20-19(23)15-9-11-22(12-10-15)30(26,27)18-13(2)21-28-14(18)3/h5-8,15H,4,9-12H2,1-3H3,(H,20,23). The Morgan fingerprint density at radius 1 is 1.17 bits per heavy atom. The molecule has 30 heavy (non-hydrogen) atoms. The normalized spacial score (nSPS) is 16.5. The third kappa shape index (κ3) is 4.28. The Balaban J connectivity index is 1.70. The van der Waals surface area contributed by atoms with Crippen LogP contribution in [0, 0.1) is 19.8 Å². The van der Waals surface area contributed by atoms with E-state index in [1.165, 1.54) is 10.4 Å². The van der Waals surface area contributed by atoms with E-state index in [1.54, 1.807) is 39.0 Å². The highest BCUT2D eigenvalue weighted by molar-refractivity contribution is 7.91. The van der Waals surface area contributed by atoms with Crippen molar-refractivity contribution in [2.75, 3.05) is 24.2 Å².